The van der Waals surface area contributed by atoms with E-state index in [1.807, 2.05) is 0 Å². The lowest BCUT2D eigenvalue weighted by Gasteiger charge is -2.54. The summed E-state index contributed by atoms with van der Waals surface area (Å²) in [7, 11) is 0. The highest BCUT2D eigenvalue weighted by atomic mass is 16.7. The number of carboxylic acids is 1. The van der Waals surface area contributed by atoms with Crippen molar-refractivity contribution in [1.82, 2.24) is 0 Å². The Labute approximate surface area is 224 Å². The predicted octanol–water partition coefficient (Wildman–Crippen LogP) is 1.74. The summed E-state index contributed by atoms with van der Waals surface area (Å²) in [5.41, 5.74) is -1.39. The van der Waals surface area contributed by atoms with Crippen molar-refractivity contribution in [2.75, 3.05) is 0 Å². The number of fused-ring (bicyclic) bond motifs is 4. The Kier molecular flexibility index (Phi) is 6.25. The van der Waals surface area contributed by atoms with Gasteiger partial charge in [-0.05, 0) is 45.2 Å². The summed E-state index contributed by atoms with van der Waals surface area (Å²) in [5, 5.41) is 42.6. The molecule has 0 aromatic heterocycles. The van der Waals surface area contributed by atoms with E-state index in [0.29, 0.717) is 24.0 Å². The van der Waals surface area contributed by atoms with Gasteiger partial charge in [0.2, 0.25) is 0 Å². The molecule has 4 unspecified atom stereocenters. The zero-order valence-electron chi connectivity index (χ0n) is 21.9. The largest absolute Gasteiger partial charge is 0.507 e. The van der Waals surface area contributed by atoms with Crippen LogP contribution in [0.25, 0.3) is 0 Å². The molecule has 11 nitrogen and oxygen atoms in total. The van der Waals surface area contributed by atoms with Crippen molar-refractivity contribution < 1.29 is 53.8 Å². The Balaban J connectivity index is 1.39. The molecule has 2 fully saturated rings. The lowest BCUT2D eigenvalue weighted by molar-refractivity contribution is -0.291. The van der Waals surface area contributed by atoms with E-state index in [0.717, 1.165) is 0 Å². The third-order valence-electron chi connectivity index (χ3n) is 8.84. The minimum atomic E-state index is -1.98. The van der Waals surface area contributed by atoms with Gasteiger partial charge in [-0.1, -0.05) is 0 Å². The van der Waals surface area contributed by atoms with Crippen LogP contribution in [-0.4, -0.2) is 86.5 Å². The maximum absolute atomic E-state index is 14.1. The molecule has 0 radical (unpaired) electrons. The standard InChI is InChI=1S/C28H32O11/c1-10-16(29)4-5-20(37-10)39-18-9-17-23-24(28(18,35)12(3)38-17)27(34)22-15(25(23)32)7-13-6-14(8-19(30)31)36-11(2)21(13)26(22)33/h7,10-12,14,16-18,20,29,33,35H,4-6,8-9H2,1-3H3,(H,30,31)/t10?,11-,12+,14-,16?,17+,18?,20+,28?/m1/s1. The van der Waals surface area contributed by atoms with Crippen LogP contribution in [0.3, 0.4) is 0 Å². The summed E-state index contributed by atoms with van der Waals surface area (Å²) in [5.74, 6) is -2.63. The van der Waals surface area contributed by atoms with Gasteiger partial charge in [0.05, 0.1) is 54.7 Å². The van der Waals surface area contributed by atoms with E-state index >= 15 is 0 Å². The Hall–Kier alpha value is -2.67. The molecule has 4 heterocycles. The Morgan fingerprint density at radius 2 is 1.87 bits per heavy atom. The summed E-state index contributed by atoms with van der Waals surface area (Å²) in [6.45, 7) is 4.99. The van der Waals surface area contributed by atoms with E-state index in [1.165, 1.54) is 6.07 Å². The zero-order valence-corrected chi connectivity index (χ0v) is 21.9. The average Bonchev–Trinajstić information content (AvgIpc) is 2.84. The Bertz CT molecular complexity index is 1300. The lowest BCUT2D eigenvalue weighted by Crippen LogP contribution is -2.67. The van der Waals surface area contributed by atoms with Gasteiger partial charge in [0.1, 0.15) is 11.4 Å². The van der Waals surface area contributed by atoms with Crippen molar-refractivity contribution in [3.8, 4) is 5.75 Å². The number of hydrogen-bond acceptors (Lipinski definition) is 10. The average molecular weight is 545 g/mol. The number of ketones is 2. The number of phenolic OH excluding ortho intramolecular Hbond substituents is 1. The maximum atomic E-state index is 14.1. The number of phenols is 1. The minimum absolute atomic E-state index is 0.00136. The summed E-state index contributed by atoms with van der Waals surface area (Å²) in [6.07, 6.45) is -4.90. The fraction of sp³-hybridized carbons (Fsp3) is 0.607. The second-order valence-electron chi connectivity index (χ2n) is 11.2. The quantitative estimate of drug-likeness (QED) is 0.435. The molecule has 6 aliphatic rings. The molecule has 2 saturated heterocycles. The molecule has 0 amide bonds. The van der Waals surface area contributed by atoms with Crippen LogP contribution in [0.5, 0.6) is 5.75 Å². The lowest BCUT2D eigenvalue weighted by atomic mass is 9.63. The second kappa shape index (κ2) is 9.18. The normalized spacial score (nSPS) is 39.3. The van der Waals surface area contributed by atoms with Gasteiger partial charge >= 0.3 is 5.97 Å². The summed E-state index contributed by atoms with van der Waals surface area (Å²) in [6, 6.07) is 1.54. The van der Waals surface area contributed by atoms with Crippen molar-refractivity contribution in [3.63, 3.8) is 0 Å². The first-order valence-electron chi connectivity index (χ1n) is 13.4. The number of carboxylic acid groups (broad SMARTS) is 1. The van der Waals surface area contributed by atoms with Crippen LogP contribution in [0.1, 0.15) is 84.4 Å². The molecular formula is C28H32O11. The molecule has 4 N–H and O–H groups in total. The van der Waals surface area contributed by atoms with E-state index < -0.39 is 77.9 Å². The van der Waals surface area contributed by atoms with Gasteiger partial charge in [-0.2, -0.15) is 0 Å². The van der Waals surface area contributed by atoms with Gasteiger partial charge in [-0.25, -0.2) is 0 Å². The second-order valence-corrected chi connectivity index (χ2v) is 11.2. The van der Waals surface area contributed by atoms with Crippen LogP contribution in [0.15, 0.2) is 17.2 Å². The molecule has 1 aromatic rings. The van der Waals surface area contributed by atoms with Gasteiger partial charge in [0.15, 0.2) is 17.9 Å². The molecular weight excluding hydrogens is 512 g/mol. The van der Waals surface area contributed by atoms with Crippen LogP contribution in [0.4, 0.5) is 0 Å². The smallest absolute Gasteiger partial charge is 0.305 e. The third kappa shape index (κ3) is 3.90. The molecule has 7 rings (SSSR count). The number of hydrogen-bond donors (Lipinski definition) is 4. The van der Waals surface area contributed by atoms with E-state index in [9.17, 15) is 34.8 Å². The highest BCUT2D eigenvalue weighted by molar-refractivity contribution is 6.29. The number of aliphatic carboxylic acids is 1. The number of benzene rings is 1. The minimum Gasteiger partial charge on any atom is -0.507 e. The van der Waals surface area contributed by atoms with Crippen LogP contribution in [0.2, 0.25) is 0 Å². The van der Waals surface area contributed by atoms with E-state index in [-0.39, 0.29) is 41.5 Å². The van der Waals surface area contributed by atoms with Crippen molar-refractivity contribution in [3.05, 3.63) is 39.5 Å². The van der Waals surface area contributed by atoms with Crippen LogP contribution in [-0.2, 0) is 30.2 Å². The molecule has 39 heavy (non-hydrogen) atoms. The first-order valence-corrected chi connectivity index (χ1v) is 13.4. The Morgan fingerprint density at radius 1 is 1.13 bits per heavy atom. The van der Waals surface area contributed by atoms with Crippen molar-refractivity contribution in [2.45, 2.75) is 107 Å². The van der Waals surface area contributed by atoms with Gasteiger partial charge < -0.3 is 39.4 Å². The topological polar surface area (TPSA) is 169 Å². The number of rotatable bonds is 4. The SMILES string of the molecule is CC1O[C@@H](OC2C[C@@H]3O[C@@H](C)C2(O)C2=C3C(=O)c3cc4c(c(O)c3C2=O)[C@@H](C)O[C@@H](CC(=O)O)C4)CCC1O. The van der Waals surface area contributed by atoms with Crippen LogP contribution >= 0.6 is 0 Å². The van der Waals surface area contributed by atoms with Crippen molar-refractivity contribution in [1.29, 1.82) is 0 Å². The molecule has 2 aliphatic carbocycles. The van der Waals surface area contributed by atoms with Gasteiger partial charge in [0, 0.05) is 35.1 Å². The molecule has 0 spiro atoms. The molecule has 1 aromatic carbocycles. The predicted molar refractivity (Wildman–Crippen MR) is 131 cm³/mol. The zero-order chi connectivity index (χ0) is 28.0. The van der Waals surface area contributed by atoms with Gasteiger partial charge in [-0.15, -0.1) is 0 Å². The molecule has 0 saturated carbocycles. The fourth-order valence-electron chi connectivity index (χ4n) is 6.92. The number of Topliss-reactive ketones (excluding diaryl/α,β-unsaturated/α-hetero) is 2. The number of aliphatic hydroxyl groups is 2. The van der Waals surface area contributed by atoms with Crippen LogP contribution < -0.4 is 0 Å². The third-order valence-corrected chi connectivity index (χ3v) is 8.84. The molecule has 9 atom stereocenters. The van der Waals surface area contributed by atoms with E-state index in [1.54, 1.807) is 20.8 Å². The Morgan fingerprint density at radius 3 is 2.56 bits per heavy atom. The van der Waals surface area contributed by atoms with E-state index in [4.69, 9.17) is 18.9 Å². The molecule has 210 valence electrons. The van der Waals surface area contributed by atoms with Gasteiger partial charge in [0.25, 0.3) is 0 Å². The molecule has 4 aliphatic heterocycles. The highest BCUT2D eigenvalue weighted by Crippen LogP contribution is 2.53. The van der Waals surface area contributed by atoms with Crippen molar-refractivity contribution in [2.24, 2.45) is 0 Å². The first kappa shape index (κ1) is 26.5. The molecule has 2 bridgehead atoms. The number of ether oxygens (including phenoxy) is 4. The maximum Gasteiger partial charge on any atom is 0.305 e. The number of aromatic hydroxyl groups is 1. The number of aliphatic hydroxyl groups excluding tert-OH is 1. The molecule has 11 heteroatoms. The van der Waals surface area contributed by atoms with Gasteiger partial charge in [-0.3, -0.25) is 14.4 Å². The summed E-state index contributed by atoms with van der Waals surface area (Å²) < 4.78 is 23.7. The summed E-state index contributed by atoms with van der Waals surface area (Å²) >= 11 is 0. The number of carbonyl (C=O) groups is 3. The monoisotopic (exact) mass is 544 g/mol. The first-order chi connectivity index (χ1) is 18.4. The van der Waals surface area contributed by atoms with Crippen molar-refractivity contribution >= 4 is 17.5 Å². The summed E-state index contributed by atoms with van der Waals surface area (Å²) in [4.78, 5) is 39.2. The van der Waals surface area contributed by atoms with Crippen LogP contribution in [0, 0.1) is 0 Å². The van der Waals surface area contributed by atoms with E-state index in [2.05, 4.69) is 0 Å². The highest BCUT2D eigenvalue weighted by Gasteiger charge is 2.63. The fourth-order valence-corrected chi connectivity index (χ4v) is 6.92. The number of carbonyl (C=O) groups excluding carboxylic acids is 2.